The first kappa shape index (κ1) is 29.5. The van der Waals surface area contributed by atoms with Gasteiger partial charge in [-0.1, -0.05) is 54.9 Å². The van der Waals surface area contributed by atoms with E-state index in [1.54, 1.807) is 6.92 Å². The fraction of sp³-hybridized carbons (Fsp3) is 0.636. The number of nitrogens with one attached hydrogen (secondary N) is 1. The molecule has 5 rings (SSSR count). The summed E-state index contributed by atoms with van der Waals surface area (Å²) in [4.78, 5) is 41.7. The van der Waals surface area contributed by atoms with E-state index in [0.717, 1.165) is 56.2 Å². The number of carboxylic acid groups (broad SMARTS) is 1. The summed E-state index contributed by atoms with van der Waals surface area (Å²) in [6.07, 6.45) is 9.31. The molecule has 8 nitrogen and oxygen atoms in total. The van der Waals surface area contributed by atoms with E-state index in [-0.39, 0.29) is 48.0 Å². The van der Waals surface area contributed by atoms with Crippen molar-refractivity contribution in [3.05, 3.63) is 47.5 Å². The molecule has 8 heteroatoms. The minimum Gasteiger partial charge on any atom is -0.481 e. The molecule has 3 N–H and O–H groups in total. The zero-order valence-corrected chi connectivity index (χ0v) is 24.5. The van der Waals surface area contributed by atoms with Crippen molar-refractivity contribution < 1.29 is 29.4 Å². The third-order valence-corrected chi connectivity index (χ3v) is 11.3. The maximum Gasteiger partial charge on any atom is 0.304 e. The van der Waals surface area contributed by atoms with Crippen molar-refractivity contribution in [2.75, 3.05) is 13.2 Å². The number of ketones is 1. The number of hydrogen-bond acceptors (Lipinski definition) is 6. The van der Waals surface area contributed by atoms with E-state index in [1.807, 2.05) is 30.3 Å². The Balaban J connectivity index is 1.18. The van der Waals surface area contributed by atoms with Gasteiger partial charge in [-0.25, -0.2) is 0 Å². The van der Waals surface area contributed by atoms with Gasteiger partial charge < -0.3 is 20.4 Å². The monoisotopic (exact) mass is 564 g/mol. The standard InChI is InChI=1S/C33H44N2O6/c1-21(36)33(40)16-13-28-26-10-9-24-18-25(11-14-31(24,2)27(26)12-15-32(28,33)3)35-41-20-29(37)34-19-23(17-30(38)39)22-7-5-4-6-8-22/h4-8,18,23,26-28,40H,9-17,19-20H2,1-3H3,(H,34,37)(H,38,39)/b35-25+/t23-,26-,27+,28-,31+,32+,33+/m1/s1. The highest BCUT2D eigenvalue weighted by atomic mass is 16.6. The zero-order valence-electron chi connectivity index (χ0n) is 24.5. The molecule has 222 valence electrons. The molecule has 4 aliphatic carbocycles. The number of aliphatic carboxylic acids is 1. The van der Waals surface area contributed by atoms with Gasteiger partial charge in [0.15, 0.2) is 12.4 Å². The van der Waals surface area contributed by atoms with Crippen LogP contribution in [0, 0.1) is 28.6 Å². The van der Waals surface area contributed by atoms with E-state index < -0.39 is 11.6 Å². The maximum absolute atomic E-state index is 12.5. The molecule has 41 heavy (non-hydrogen) atoms. The predicted octanol–water partition coefficient (Wildman–Crippen LogP) is 5.02. The first-order valence-electron chi connectivity index (χ1n) is 15.1. The van der Waals surface area contributed by atoms with Crippen LogP contribution in [0.5, 0.6) is 0 Å². The van der Waals surface area contributed by atoms with Gasteiger partial charge in [-0.3, -0.25) is 14.4 Å². The lowest BCUT2D eigenvalue weighted by atomic mass is 9.46. The summed E-state index contributed by atoms with van der Waals surface area (Å²) in [5, 5.41) is 27.7. The number of allylic oxidation sites excluding steroid dienone is 2. The highest BCUT2D eigenvalue weighted by Crippen LogP contribution is 2.67. The Hall–Kier alpha value is -3.00. The molecule has 3 saturated carbocycles. The summed E-state index contributed by atoms with van der Waals surface area (Å²) in [6.45, 7) is 6.09. The van der Waals surface area contributed by atoms with Gasteiger partial charge in [0, 0.05) is 17.9 Å². The number of hydrogen-bond donors (Lipinski definition) is 3. The third-order valence-electron chi connectivity index (χ3n) is 11.3. The molecule has 0 heterocycles. The molecule has 0 radical (unpaired) electrons. The molecule has 0 spiro atoms. The molecular formula is C33H44N2O6. The van der Waals surface area contributed by atoms with E-state index in [0.29, 0.717) is 24.2 Å². The summed E-state index contributed by atoms with van der Waals surface area (Å²) in [5.74, 6) is -0.213. The number of nitrogens with zero attached hydrogens (tertiary/aromatic N) is 1. The summed E-state index contributed by atoms with van der Waals surface area (Å²) in [5.41, 5.74) is 1.68. The first-order chi connectivity index (χ1) is 19.5. The highest BCUT2D eigenvalue weighted by Gasteiger charge is 2.65. The van der Waals surface area contributed by atoms with Gasteiger partial charge in [0.25, 0.3) is 5.91 Å². The van der Waals surface area contributed by atoms with Crippen molar-refractivity contribution in [1.82, 2.24) is 5.32 Å². The second-order valence-electron chi connectivity index (χ2n) is 13.3. The van der Waals surface area contributed by atoms with Crippen LogP contribution in [-0.2, 0) is 19.2 Å². The molecule has 1 aromatic rings. The van der Waals surface area contributed by atoms with Crippen molar-refractivity contribution in [2.24, 2.45) is 33.7 Å². The Morgan fingerprint density at radius 3 is 2.49 bits per heavy atom. The van der Waals surface area contributed by atoms with Crippen molar-refractivity contribution >= 4 is 23.4 Å². The number of carboxylic acids is 1. The summed E-state index contributed by atoms with van der Waals surface area (Å²) < 4.78 is 0. The average molecular weight is 565 g/mol. The van der Waals surface area contributed by atoms with Gasteiger partial charge in [0.05, 0.1) is 12.1 Å². The molecular weight excluding hydrogens is 520 g/mol. The number of aliphatic hydroxyl groups is 1. The summed E-state index contributed by atoms with van der Waals surface area (Å²) >= 11 is 0. The van der Waals surface area contributed by atoms with Crippen LogP contribution in [0.4, 0.5) is 0 Å². The molecule has 0 bridgehead atoms. The summed E-state index contributed by atoms with van der Waals surface area (Å²) in [6, 6.07) is 9.32. The lowest BCUT2D eigenvalue weighted by Crippen LogP contribution is -2.57. The van der Waals surface area contributed by atoms with Crippen molar-refractivity contribution in [2.45, 2.75) is 90.1 Å². The summed E-state index contributed by atoms with van der Waals surface area (Å²) in [7, 11) is 0. The van der Waals surface area contributed by atoms with Gasteiger partial charge >= 0.3 is 5.97 Å². The van der Waals surface area contributed by atoms with E-state index in [2.05, 4.69) is 30.4 Å². The lowest BCUT2D eigenvalue weighted by Gasteiger charge is -2.59. The van der Waals surface area contributed by atoms with Crippen LogP contribution in [-0.4, -0.2) is 52.3 Å². The van der Waals surface area contributed by atoms with Crippen LogP contribution < -0.4 is 5.32 Å². The molecule has 3 fully saturated rings. The SMILES string of the molecule is CC(=O)[C@@]1(O)CC[C@@H]2[C@@H]3CCC4=C/C(=N/OCC(=O)NC[C@@H](CC(=O)O)c5ccccc5)CC[C@]4(C)[C@H]3CC[C@@]21C. The normalized spacial score (nSPS) is 35.9. The molecule has 0 aliphatic heterocycles. The van der Waals surface area contributed by atoms with Crippen molar-refractivity contribution in [3.8, 4) is 0 Å². The Morgan fingerprint density at radius 1 is 1.05 bits per heavy atom. The van der Waals surface area contributed by atoms with Crippen LogP contribution in [0.3, 0.4) is 0 Å². The maximum atomic E-state index is 12.5. The molecule has 0 aromatic heterocycles. The van der Waals surface area contributed by atoms with Gasteiger partial charge in [-0.15, -0.1) is 0 Å². The van der Waals surface area contributed by atoms with E-state index in [4.69, 9.17) is 4.84 Å². The fourth-order valence-electron chi connectivity index (χ4n) is 8.94. The van der Waals surface area contributed by atoms with E-state index in [9.17, 15) is 24.6 Å². The number of carbonyl (C=O) groups is 3. The third kappa shape index (κ3) is 5.36. The first-order valence-corrected chi connectivity index (χ1v) is 15.1. The minimum absolute atomic E-state index is 0.0702. The second-order valence-corrected chi connectivity index (χ2v) is 13.3. The molecule has 1 amide bonds. The largest absolute Gasteiger partial charge is 0.481 e. The highest BCUT2D eigenvalue weighted by molar-refractivity contribution is 5.96. The number of carbonyl (C=O) groups excluding carboxylic acids is 2. The lowest BCUT2D eigenvalue weighted by molar-refractivity contribution is -0.159. The zero-order chi connectivity index (χ0) is 29.4. The van der Waals surface area contributed by atoms with Crippen molar-refractivity contribution in [1.29, 1.82) is 0 Å². The van der Waals surface area contributed by atoms with Gasteiger partial charge in [0.2, 0.25) is 0 Å². The van der Waals surface area contributed by atoms with E-state index in [1.165, 1.54) is 5.57 Å². The number of benzene rings is 1. The predicted molar refractivity (Wildman–Crippen MR) is 155 cm³/mol. The molecule has 0 saturated heterocycles. The molecule has 4 aliphatic rings. The van der Waals surface area contributed by atoms with Crippen LogP contribution >= 0.6 is 0 Å². The number of amides is 1. The number of oxime groups is 1. The quantitative estimate of drug-likeness (QED) is 0.362. The average Bonchev–Trinajstić information content (AvgIpc) is 3.23. The minimum atomic E-state index is -1.19. The molecule has 0 unspecified atom stereocenters. The van der Waals surface area contributed by atoms with Crippen LogP contribution in [0.25, 0.3) is 0 Å². The number of Topliss-reactive ketones (excluding diaryl/α,β-unsaturated/α-hetero) is 1. The van der Waals surface area contributed by atoms with Gasteiger partial charge in [0.1, 0.15) is 5.60 Å². The molecule has 1 aromatic carbocycles. The van der Waals surface area contributed by atoms with Gasteiger partial charge in [-0.2, -0.15) is 0 Å². The van der Waals surface area contributed by atoms with Crippen molar-refractivity contribution in [3.63, 3.8) is 0 Å². The Kier molecular flexibility index (Phi) is 8.16. The van der Waals surface area contributed by atoms with Crippen LogP contribution in [0.1, 0.15) is 90.0 Å². The van der Waals surface area contributed by atoms with E-state index >= 15 is 0 Å². The van der Waals surface area contributed by atoms with Crippen LogP contribution in [0.2, 0.25) is 0 Å². The Labute approximate surface area is 242 Å². The fourth-order valence-corrected chi connectivity index (χ4v) is 8.94. The number of rotatable bonds is 9. The van der Waals surface area contributed by atoms with Crippen LogP contribution in [0.15, 0.2) is 47.1 Å². The number of fused-ring (bicyclic) bond motifs is 5. The smallest absolute Gasteiger partial charge is 0.304 e. The second kappa shape index (κ2) is 11.3. The Morgan fingerprint density at radius 2 is 1.78 bits per heavy atom. The topological polar surface area (TPSA) is 125 Å². The Bertz CT molecular complexity index is 1240. The molecule has 7 atom stereocenters. The van der Waals surface area contributed by atoms with Gasteiger partial charge in [-0.05, 0) is 93.1 Å².